The van der Waals surface area contributed by atoms with E-state index in [-0.39, 0.29) is 24.4 Å². The molecule has 2 aliphatic heterocycles. The quantitative estimate of drug-likeness (QED) is 0.146. The van der Waals surface area contributed by atoms with Crippen molar-refractivity contribution >= 4 is 41.2 Å². The molecule has 0 aromatic carbocycles. The molecule has 3 N–H and O–H groups in total. The van der Waals surface area contributed by atoms with Crippen molar-refractivity contribution in [2.45, 2.75) is 17.8 Å². The number of β-lactam (4-membered cyclic amide) rings is 1. The van der Waals surface area contributed by atoms with Crippen LogP contribution in [0.15, 0.2) is 45.8 Å². The maximum atomic E-state index is 12.6. The predicted molar refractivity (Wildman–Crippen MR) is 111 cm³/mol. The maximum Gasteiger partial charge on any atom is 0.352 e. The van der Waals surface area contributed by atoms with Gasteiger partial charge in [-0.1, -0.05) is 28.5 Å². The van der Waals surface area contributed by atoms with Crippen molar-refractivity contribution in [1.82, 2.24) is 10.2 Å². The molecule has 14 heteroatoms. The number of nitrogens with zero attached hydrogens (tertiary/aromatic N) is 5. The van der Waals surface area contributed by atoms with E-state index in [9.17, 15) is 24.3 Å². The number of hydrogen-bond acceptors (Lipinski definition) is 8. The first-order valence-corrected chi connectivity index (χ1v) is 10.3. The molecule has 0 aromatic rings. The summed E-state index contributed by atoms with van der Waals surface area (Å²) in [6, 6.07) is -0.894. The van der Waals surface area contributed by atoms with E-state index in [1.165, 1.54) is 11.8 Å². The van der Waals surface area contributed by atoms with Gasteiger partial charge in [-0.15, -0.1) is 11.8 Å². The molecule has 2 heterocycles. The smallest absolute Gasteiger partial charge is 0.352 e. The molecule has 1 fully saturated rings. The van der Waals surface area contributed by atoms with E-state index in [1.54, 1.807) is 24.3 Å². The summed E-state index contributed by atoms with van der Waals surface area (Å²) >= 11 is 1.27. The molecule has 3 aliphatic rings. The zero-order valence-corrected chi connectivity index (χ0v) is 17.3. The summed E-state index contributed by atoms with van der Waals surface area (Å²) in [6.07, 6.45) is 6.58. The highest BCUT2D eigenvalue weighted by atomic mass is 32.2. The molecule has 0 aromatic heterocycles. The van der Waals surface area contributed by atoms with Crippen LogP contribution in [0.3, 0.4) is 0 Å². The zero-order valence-electron chi connectivity index (χ0n) is 16.4. The molecule has 1 unspecified atom stereocenters. The Hall–Kier alpha value is -3.77. The highest BCUT2D eigenvalue weighted by Gasteiger charge is 2.54. The summed E-state index contributed by atoms with van der Waals surface area (Å²) in [7, 11) is 0. The van der Waals surface area contributed by atoms with Gasteiger partial charge in [0.05, 0.1) is 12.3 Å². The van der Waals surface area contributed by atoms with E-state index in [1.807, 2.05) is 0 Å². The van der Waals surface area contributed by atoms with Crippen LogP contribution in [0.4, 0.5) is 0 Å². The Bertz CT molecular complexity index is 1010. The van der Waals surface area contributed by atoms with Gasteiger partial charge >= 0.3 is 11.9 Å². The van der Waals surface area contributed by atoms with Crippen molar-refractivity contribution in [3.8, 4) is 0 Å². The number of carboxylic acids is 2. The van der Waals surface area contributed by atoms with Gasteiger partial charge in [-0.25, -0.2) is 9.59 Å². The number of aliphatic carboxylic acids is 2. The number of allylic oxidation sites excluding steroid dienone is 4. The fourth-order valence-electron chi connectivity index (χ4n) is 3.36. The maximum absolute atomic E-state index is 12.6. The predicted octanol–water partition coefficient (Wildman–Crippen LogP) is 0.625. The van der Waals surface area contributed by atoms with Crippen molar-refractivity contribution < 1.29 is 34.2 Å². The number of amides is 2. The number of nitrogens with one attached hydrogen (secondary N) is 1. The average molecular weight is 462 g/mol. The molecular weight excluding hydrogens is 444 g/mol. The first-order chi connectivity index (χ1) is 15.3. The number of rotatable bonds is 9. The fraction of sp³-hybridized carbons (Fsp3) is 0.389. The van der Waals surface area contributed by atoms with Crippen LogP contribution in [0.2, 0.25) is 0 Å². The van der Waals surface area contributed by atoms with Crippen molar-refractivity contribution in [3.05, 3.63) is 46.0 Å². The zero-order chi connectivity index (χ0) is 23.3. The Morgan fingerprint density at radius 1 is 1.34 bits per heavy atom. The molecule has 1 saturated heterocycles. The molecular formula is C18H18N6O7S. The number of carboxylic acid groups (broad SMARTS) is 2. The minimum Gasteiger partial charge on any atom is -0.479 e. The van der Waals surface area contributed by atoms with Gasteiger partial charge in [0.2, 0.25) is 12.5 Å². The number of thioether (sulfide) groups is 1. The van der Waals surface area contributed by atoms with Crippen molar-refractivity contribution in [1.29, 1.82) is 0 Å². The molecule has 32 heavy (non-hydrogen) atoms. The van der Waals surface area contributed by atoms with E-state index in [0.29, 0.717) is 11.3 Å². The first kappa shape index (κ1) is 22.9. The van der Waals surface area contributed by atoms with Crippen molar-refractivity contribution in [3.63, 3.8) is 0 Å². The Morgan fingerprint density at radius 2 is 2.12 bits per heavy atom. The minimum absolute atomic E-state index is 0.0684. The number of hydrogen-bond donors (Lipinski definition) is 3. The normalized spacial score (nSPS) is 25.0. The summed E-state index contributed by atoms with van der Waals surface area (Å²) in [4.78, 5) is 55.8. The minimum atomic E-state index is -1.31. The summed E-state index contributed by atoms with van der Waals surface area (Å²) in [5.74, 6) is -3.75. The SMILES string of the molecule is [N-]=[N+]=NCC1=C(C(=O)O)N2C(=O)[C@@H](NC(=O)CC3C=CC=CC3=NOCC(=O)O)[C@H]2SC1. The van der Waals surface area contributed by atoms with Crippen LogP contribution in [-0.2, 0) is 24.0 Å². The Balaban J connectivity index is 1.64. The summed E-state index contributed by atoms with van der Waals surface area (Å²) in [5, 5.41) is 27.3. The standard InChI is InChI=1S/C18H18N6O7S/c19-23-20-6-10-8-32-17-14(16(28)24(17)15(10)18(29)30)21-12(25)5-9-3-1-2-4-11(9)22-31-7-13(26)27/h1-4,9,14,17H,5-8H2,(H,21,25)(H,26,27)(H,29,30)/t9?,14-,17-/m1/s1. The molecule has 168 valence electrons. The van der Waals surface area contributed by atoms with Crippen molar-refractivity contribution in [2.24, 2.45) is 16.2 Å². The van der Waals surface area contributed by atoms with Gasteiger partial charge < -0.3 is 20.4 Å². The van der Waals surface area contributed by atoms with Crippen LogP contribution < -0.4 is 5.32 Å². The average Bonchev–Trinajstić information content (AvgIpc) is 2.76. The van der Waals surface area contributed by atoms with E-state index >= 15 is 0 Å². The summed E-state index contributed by atoms with van der Waals surface area (Å²) in [6.45, 7) is -0.779. The number of fused-ring (bicyclic) bond motifs is 1. The lowest BCUT2D eigenvalue weighted by atomic mass is 9.94. The molecule has 13 nitrogen and oxygen atoms in total. The lowest BCUT2D eigenvalue weighted by Gasteiger charge is -2.49. The van der Waals surface area contributed by atoms with E-state index in [2.05, 4.69) is 20.5 Å². The van der Waals surface area contributed by atoms with Gasteiger partial charge in [0.1, 0.15) is 17.1 Å². The van der Waals surface area contributed by atoms with Gasteiger partial charge in [0.25, 0.3) is 5.91 Å². The molecule has 3 rings (SSSR count). The molecule has 2 amide bonds. The molecule has 0 saturated carbocycles. The van der Waals surface area contributed by atoms with E-state index in [4.69, 9.17) is 15.5 Å². The van der Waals surface area contributed by atoms with Crippen LogP contribution in [0, 0.1) is 5.92 Å². The largest absolute Gasteiger partial charge is 0.479 e. The topological polar surface area (TPSA) is 194 Å². The van der Waals surface area contributed by atoms with Gasteiger partial charge in [-0.3, -0.25) is 14.5 Å². The molecule has 0 radical (unpaired) electrons. The number of carbonyl (C=O) groups excluding carboxylic acids is 2. The van der Waals surface area contributed by atoms with Crippen LogP contribution >= 0.6 is 11.8 Å². The number of carbonyl (C=O) groups is 4. The number of oxime groups is 1. The second-order valence-electron chi connectivity index (χ2n) is 6.84. The number of azide groups is 1. The van der Waals surface area contributed by atoms with Gasteiger partial charge in [0, 0.05) is 23.0 Å². The first-order valence-electron chi connectivity index (χ1n) is 9.30. The summed E-state index contributed by atoms with van der Waals surface area (Å²) < 4.78 is 0. The third-order valence-corrected chi connectivity index (χ3v) is 6.10. The fourth-order valence-corrected chi connectivity index (χ4v) is 4.70. The lowest BCUT2D eigenvalue weighted by molar-refractivity contribution is -0.150. The van der Waals surface area contributed by atoms with Gasteiger partial charge in [-0.05, 0) is 17.2 Å². The van der Waals surface area contributed by atoms with E-state index < -0.39 is 47.7 Å². The van der Waals surface area contributed by atoms with Crippen molar-refractivity contribution in [2.75, 3.05) is 18.9 Å². The second-order valence-corrected chi connectivity index (χ2v) is 7.94. The Morgan fingerprint density at radius 3 is 2.81 bits per heavy atom. The van der Waals surface area contributed by atoms with Gasteiger partial charge in [-0.2, -0.15) is 0 Å². The second kappa shape index (κ2) is 10.0. The third kappa shape index (κ3) is 4.92. The monoisotopic (exact) mass is 462 g/mol. The van der Waals surface area contributed by atoms with Gasteiger partial charge in [0.15, 0.2) is 0 Å². The van der Waals surface area contributed by atoms with Crippen LogP contribution in [0.5, 0.6) is 0 Å². The van der Waals surface area contributed by atoms with Crippen LogP contribution in [-0.4, -0.2) is 74.9 Å². The lowest BCUT2D eigenvalue weighted by Crippen LogP contribution is -2.70. The Labute approximate surface area is 185 Å². The molecule has 0 bridgehead atoms. The third-order valence-electron chi connectivity index (χ3n) is 4.76. The molecule has 1 aliphatic carbocycles. The van der Waals surface area contributed by atoms with E-state index in [0.717, 1.165) is 4.90 Å². The Kier molecular flexibility index (Phi) is 7.18. The molecule has 3 atom stereocenters. The van der Waals surface area contributed by atoms with Crippen LogP contribution in [0.25, 0.3) is 10.4 Å². The summed E-state index contributed by atoms with van der Waals surface area (Å²) in [5.41, 5.74) is 8.94. The van der Waals surface area contributed by atoms with Crippen LogP contribution in [0.1, 0.15) is 6.42 Å². The highest BCUT2D eigenvalue weighted by Crippen LogP contribution is 2.40. The molecule has 0 spiro atoms. The highest BCUT2D eigenvalue weighted by molar-refractivity contribution is 8.00.